The second-order valence-electron chi connectivity index (χ2n) is 8.88. The largest absolute Gasteiger partial charge is 0.480 e. The van der Waals surface area contributed by atoms with Gasteiger partial charge in [-0.3, -0.25) is 10.1 Å². The van der Waals surface area contributed by atoms with Crippen LogP contribution in [0.1, 0.15) is 129 Å². The fourth-order valence-electron chi connectivity index (χ4n) is 4.03. The molecule has 0 aliphatic heterocycles. The van der Waals surface area contributed by atoms with Gasteiger partial charge in [0.2, 0.25) is 0 Å². The van der Waals surface area contributed by atoms with Crippen molar-refractivity contribution in [3.63, 3.8) is 0 Å². The maximum Gasteiger partial charge on any atom is 0.323 e. The Hall–Kier alpha value is -0.650. The van der Waals surface area contributed by atoms with Gasteiger partial charge in [0, 0.05) is 6.54 Å². The highest BCUT2D eigenvalue weighted by Crippen LogP contribution is 2.24. The Morgan fingerprint density at radius 1 is 0.724 bits per heavy atom. The van der Waals surface area contributed by atoms with Crippen molar-refractivity contribution in [3.05, 3.63) is 0 Å². The van der Waals surface area contributed by atoms with E-state index in [1.54, 1.807) is 0 Å². The zero-order chi connectivity index (χ0) is 21.8. The summed E-state index contributed by atoms with van der Waals surface area (Å²) in [5, 5.41) is 13.2. The molecule has 0 rings (SSSR count). The van der Waals surface area contributed by atoms with Crippen LogP contribution in [-0.4, -0.2) is 29.3 Å². The number of rotatable bonds is 22. The summed E-state index contributed by atoms with van der Waals surface area (Å²) < 4.78 is 0. The van der Waals surface area contributed by atoms with Crippen molar-refractivity contribution in [2.45, 2.75) is 141 Å². The Balaban J connectivity index is 4.32. The first-order valence-electron chi connectivity index (χ1n) is 12.5. The maximum absolute atomic E-state index is 12.2. The number of aliphatic carboxylic acids is 1. The quantitative estimate of drug-likeness (QED) is 0.135. The predicted octanol–water partition coefficient (Wildman–Crippen LogP) is 5.70. The van der Waals surface area contributed by atoms with E-state index >= 15 is 0 Å². The molecule has 0 aliphatic carbocycles. The zero-order valence-corrected chi connectivity index (χ0v) is 19.5. The fraction of sp³-hybridized carbons (Fsp3) is 0.958. The van der Waals surface area contributed by atoms with Crippen molar-refractivity contribution in [1.82, 2.24) is 5.32 Å². The van der Waals surface area contributed by atoms with Crippen LogP contribution >= 0.6 is 0 Å². The molecule has 0 fully saturated rings. The summed E-state index contributed by atoms with van der Waals surface area (Å²) in [4.78, 5) is 12.2. The van der Waals surface area contributed by atoms with E-state index in [9.17, 15) is 9.90 Å². The molecule has 0 aliphatic rings. The summed E-state index contributed by atoms with van der Waals surface area (Å²) in [6, 6.07) is 0. The van der Waals surface area contributed by atoms with Crippen LogP contribution in [0.25, 0.3) is 0 Å². The molecule has 0 amide bonds. The summed E-state index contributed by atoms with van der Waals surface area (Å²) in [5.41, 5.74) is 10.5. The number of nitrogens with two attached hydrogens (primary N) is 2. The molecular weight excluding hydrogens is 362 g/mol. The van der Waals surface area contributed by atoms with Crippen LogP contribution in [-0.2, 0) is 4.79 Å². The lowest BCUT2D eigenvalue weighted by atomic mass is 9.86. The van der Waals surface area contributed by atoms with Crippen LogP contribution in [0.5, 0.6) is 0 Å². The van der Waals surface area contributed by atoms with Crippen LogP contribution in [0.4, 0.5) is 0 Å². The Labute approximate surface area is 180 Å². The van der Waals surface area contributed by atoms with Crippen molar-refractivity contribution in [2.75, 3.05) is 6.54 Å². The van der Waals surface area contributed by atoms with Gasteiger partial charge in [-0.1, -0.05) is 117 Å². The highest BCUT2D eigenvalue weighted by atomic mass is 16.4. The van der Waals surface area contributed by atoms with Crippen LogP contribution in [0.15, 0.2) is 0 Å². The number of carboxylic acids is 1. The monoisotopic (exact) mass is 413 g/mol. The van der Waals surface area contributed by atoms with E-state index in [1.807, 2.05) is 0 Å². The second kappa shape index (κ2) is 19.3. The van der Waals surface area contributed by atoms with Gasteiger partial charge in [-0.2, -0.15) is 0 Å². The summed E-state index contributed by atoms with van der Waals surface area (Å²) in [5.74, 6) is -0.746. The lowest BCUT2D eigenvalue weighted by Crippen LogP contribution is -2.56. The minimum Gasteiger partial charge on any atom is -0.480 e. The molecule has 6 N–H and O–H groups in total. The lowest BCUT2D eigenvalue weighted by Gasteiger charge is -2.32. The molecule has 0 aromatic rings. The van der Waals surface area contributed by atoms with Crippen molar-refractivity contribution >= 4 is 5.97 Å². The summed E-state index contributed by atoms with van der Waals surface area (Å²) in [6.07, 6.45) is 20.3. The van der Waals surface area contributed by atoms with Gasteiger partial charge in [-0.25, -0.2) is 0 Å². The molecule has 0 atom stereocenters. The summed E-state index contributed by atoms with van der Waals surface area (Å²) in [6.45, 7) is 4.82. The minimum absolute atomic E-state index is 0.348. The van der Waals surface area contributed by atoms with Crippen LogP contribution in [0.3, 0.4) is 0 Å². The Morgan fingerprint density at radius 3 is 1.38 bits per heavy atom. The van der Waals surface area contributed by atoms with E-state index < -0.39 is 17.7 Å². The molecule has 0 heterocycles. The van der Waals surface area contributed by atoms with Gasteiger partial charge < -0.3 is 16.6 Å². The standard InChI is InChI=1S/C24H51N3O2/c1-3-5-7-9-11-13-15-17-19-24(23(28)29,27-21-22(25)26)20-18-16-14-12-10-8-6-4-2/h22,27H,3-21,25-26H2,1-2H3,(H,28,29). The smallest absolute Gasteiger partial charge is 0.323 e. The van der Waals surface area contributed by atoms with Gasteiger partial charge in [0.05, 0.1) is 6.17 Å². The normalized spacial score (nSPS) is 12.0. The number of hydrogen-bond acceptors (Lipinski definition) is 4. The topological polar surface area (TPSA) is 101 Å². The Bertz CT molecular complexity index is 355. The average Bonchev–Trinajstić information content (AvgIpc) is 2.69. The molecule has 0 aromatic carbocycles. The van der Waals surface area contributed by atoms with Crippen molar-refractivity contribution in [2.24, 2.45) is 11.5 Å². The molecule has 174 valence electrons. The first-order chi connectivity index (χ1) is 14.0. The predicted molar refractivity (Wildman–Crippen MR) is 125 cm³/mol. The first kappa shape index (κ1) is 28.4. The Kier molecular flexibility index (Phi) is 18.9. The molecule has 0 bridgehead atoms. The van der Waals surface area contributed by atoms with E-state index in [-0.39, 0.29) is 0 Å². The average molecular weight is 414 g/mol. The molecule has 0 spiro atoms. The number of carbonyl (C=O) groups is 1. The van der Waals surface area contributed by atoms with E-state index in [1.165, 1.54) is 77.0 Å². The molecule has 0 unspecified atom stereocenters. The molecule has 29 heavy (non-hydrogen) atoms. The third-order valence-electron chi connectivity index (χ3n) is 6.00. The fourth-order valence-corrected chi connectivity index (χ4v) is 4.03. The molecular formula is C24H51N3O2. The van der Waals surface area contributed by atoms with Crippen LogP contribution < -0.4 is 16.8 Å². The van der Waals surface area contributed by atoms with Gasteiger partial charge >= 0.3 is 5.97 Å². The van der Waals surface area contributed by atoms with Gasteiger partial charge in [-0.05, 0) is 12.8 Å². The molecule has 5 heteroatoms. The SMILES string of the molecule is CCCCCCCCCCC(CCCCCCCCCC)(NCC(N)N)C(=O)O. The molecule has 0 radical (unpaired) electrons. The van der Waals surface area contributed by atoms with Crippen LogP contribution in [0.2, 0.25) is 0 Å². The number of unbranched alkanes of at least 4 members (excludes halogenated alkanes) is 14. The van der Waals surface area contributed by atoms with Gasteiger partial charge in [0.15, 0.2) is 0 Å². The van der Waals surface area contributed by atoms with Gasteiger partial charge in [0.25, 0.3) is 0 Å². The second-order valence-corrected chi connectivity index (χ2v) is 8.88. The highest BCUT2D eigenvalue weighted by Gasteiger charge is 2.36. The molecule has 0 aromatic heterocycles. The van der Waals surface area contributed by atoms with Crippen molar-refractivity contribution < 1.29 is 9.90 Å². The number of carboxylic acid groups (broad SMARTS) is 1. The third kappa shape index (κ3) is 15.8. The highest BCUT2D eigenvalue weighted by molar-refractivity contribution is 5.78. The Morgan fingerprint density at radius 2 is 1.07 bits per heavy atom. The summed E-state index contributed by atoms with van der Waals surface area (Å²) in [7, 11) is 0. The molecule has 0 saturated heterocycles. The van der Waals surface area contributed by atoms with E-state index in [0.29, 0.717) is 19.4 Å². The maximum atomic E-state index is 12.2. The van der Waals surface area contributed by atoms with E-state index in [4.69, 9.17) is 11.5 Å². The van der Waals surface area contributed by atoms with Crippen molar-refractivity contribution in [3.8, 4) is 0 Å². The first-order valence-corrected chi connectivity index (χ1v) is 12.5. The minimum atomic E-state index is -0.874. The number of nitrogens with one attached hydrogen (secondary N) is 1. The lowest BCUT2D eigenvalue weighted by molar-refractivity contribution is -0.145. The van der Waals surface area contributed by atoms with Crippen molar-refractivity contribution in [1.29, 1.82) is 0 Å². The van der Waals surface area contributed by atoms with E-state index in [0.717, 1.165) is 25.7 Å². The summed E-state index contributed by atoms with van der Waals surface area (Å²) >= 11 is 0. The van der Waals surface area contributed by atoms with Crippen LogP contribution in [0, 0.1) is 0 Å². The molecule has 5 nitrogen and oxygen atoms in total. The van der Waals surface area contributed by atoms with Gasteiger partial charge in [-0.15, -0.1) is 0 Å². The number of hydrogen-bond donors (Lipinski definition) is 4. The van der Waals surface area contributed by atoms with E-state index in [2.05, 4.69) is 19.2 Å². The van der Waals surface area contributed by atoms with Gasteiger partial charge in [0.1, 0.15) is 5.54 Å². The molecule has 0 saturated carbocycles. The zero-order valence-electron chi connectivity index (χ0n) is 19.5. The third-order valence-corrected chi connectivity index (χ3v) is 6.00.